The average molecular weight is 257 g/mol. The number of hydrogen-bond donors (Lipinski definition) is 0. The van der Waals surface area contributed by atoms with Gasteiger partial charge < -0.3 is 9.64 Å². The minimum Gasteiger partial charge on any atom is -0.357 e. The third-order valence-electron chi connectivity index (χ3n) is 4.03. The molecule has 2 aliphatic rings. The topological polar surface area (TPSA) is 29.5 Å². The van der Waals surface area contributed by atoms with Crippen LogP contribution in [0.2, 0.25) is 0 Å². The van der Waals surface area contributed by atoms with Gasteiger partial charge in [0.2, 0.25) is 0 Å². The second kappa shape index (κ2) is 5.17. The van der Waals surface area contributed by atoms with Crippen LogP contribution in [0.25, 0.3) is 0 Å². The first-order valence-electron chi connectivity index (χ1n) is 6.91. The zero-order valence-electron chi connectivity index (χ0n) is 11.3. The summed E-state index contributed by atoms with van der Waals surface area (Å²) in [4.78, 5) is 14.4. The highest BCUT2D eigenvalue weighted by molar-refractivity contribution is 5.97. The summed E-state index contributed by atoms with van der Waals surface area (Å²) in [6.07, 6.45) is 4.07. The van der Waals surface area contributed by atoms with Crippen LogP contribution < -0.4 is 0 Å². The summed E-state index contributed by atoms with van der Waals surface area (Å²) < 4.78 is 5.58. The molecule has 3 heteroatoms. The Balaban J connectivity index is 1.85. The van der Waals surface area contributed by atoms with Crippen LogP contribution in [0.15, 0.2) is 41.5 Å². The molecule has 0 bridgehead atoms. The number of benzene rings is 1. The smallest absolute Gasteiger partial charge is 0.252 e. The molecule has 3 nitrogen and oxygen atoms in total. The van der Waals surface area contributed by atoms with Crippen LogP contribution in [0.4, 0.5) is 0 Å². The van der Waals surface area contributed by atoms with E-state index < -0.39 is 0 Å². The summed E-state index contributed by atoms with van der Waals surface area (Å²) in [5.41, 5.74) is 3.38. The molecule has 0 N–H and O–H groups in total. The molecule has 1 aliphatic carbocycles. The van der Waals surface area contributed by atoms with Gasteiger partial charge in [0.1, 0.15) is 0 Å². The number of hydrogen-bond acceptors (Lipinski definition) is 2. The Morgan fingerprint density at radius 2 is 1.95 bits per heavy atom. The number of amides is 1. The van der Waals surface area contributed by atoms with Crippen molar-refractivity contribution in [3.05, 3.63) is 47.0 Å². The summed E-state index contributed by atoms with van der Waals surface area (Å²) in [7, 11) is 1.69. The van der Waals surface area contributed by atoms with E-state index in [-0.39, 0.29) is 12.1 Å². The zero-order chi connectivity index (χ0) is 13.2. The molecule has 0 radical (unpaired) electrons. The Morgan fingerprint density at radius 3 is 2.68 bits per heavy atom. The molecule has 1 aliphatic heterocycles. The molecule has 0 spiro atoms. The molecule has 100 valence electrons. The highest BCUT2D eigenvalue weighted by atomic mass is 16.5. The monoisotopic (exact) mass is 257 g/mol. The average Bonchev–Trinajstić information content (AvgIpc) is 2.73. The number of carbonyl (C=O) groups is 1. The van der Waals surface area contributed by atoms with E-state index in [9.17, 15) is 4.79 Å². The standard InChI is InChI=1S/C16H19NO2/c1-19-16-14-10-6-5-9-13(14)15(18)17(16)11-12-7-3-2-4-8-12/h2-4,7-8,16H,5-6,9-11H2,1H3. The van der Waals surface area contributed by atoms with Crippen LogP contribution in [0.3, 0.4) is 0 Å². The third kappa shape index (κ3) is 2.19. The Morgan fingerprint density at radius 1 is 1.21 bits per heavy atom. The van der Waals surface area contributed by atoms with Crippen LogP contribution in [0.1, 0.15) is 31.2 Å². The summed E-state index contributed by atoms with van der Waals surface area (Å²) in [5, 5.41) is 0. The van der Waals surface area contributed by atoms with Crippen LogP contribution >= 0.6 is 0 Å². The van der Waals surface area contributed by atoms with Gasteiger partial charge in [0.25, 0.3) is 5.91 Å². The second-order valence-electron chi connectivity index (χ2n) is 5.22. The van der Waals surface area contributed by atoms with Gasteiger partial charge in [0.05, 0.1) is 0 Å². The fraction of sp³-hybridized carbons (Fsp3) is 0.438. The Bertz CT molecular complexity index is 507. The van der Waals surface area contributed by atoms with Crippen molar-refractivity contribution in [1.29, 1.82) is 0 Å². The molecule has 1 atom stereocenters. The molecule has 1 aromatic carbocycles. The number of methoxy groups -OCH3 is 1. The molecule has 1 amide bonds. The van der Waals surface area contributed by atoms with Crippen molar-refractivity contribution in [2.24, 2.45) is 0 Å². The maximum Gasteiger partial charge on any atom is 0.252 e. The maximum absolute atomic E-state index is 12.5. The van der Waals surface area contributed by atoms with Gasteiger partial charge in [0, 0.05) is 19.2 Å². The summed E-state index contributed by atoms with van der Waals surface area (Å²) in [6.45, 7) is 0.630. The number of carbonyl (C=O) groups excluding carboxylic acids is 1. The van der Waals surface area contributed by atoms with Gasteiger partial charge in [-0.15, -0.1) is 0 Å². The molecule has 19 heavy (non-hydrogen) atoms. The van der Waals surface area contributed by atoms with Gasteiger partial charge in [-0.3, -0.25) is 4.79 Å². The summed E-state index contributed by atoms with van der Waals surface area (Å²) in [5.74, 6) is 0.172. The lowest BCUT2D eigenvalue weighted by Gasteiger charge is -2.26. The van der Waals surface area contributed by atoms with Crippen molar-refractivity contribution >= 4 is 5.91 Å². The van der Waals surface area contributed by atoms with Crippen molar-refractivity contribution in [3.63, 3.8) is 0 Å². The van der Waals surface area contributed by atoms with Crippen molar-refractivity contribution in [3.8, 4) is 0 Å². The van der Waals surface area contributed by atoms with E-state index in [0.29, 0.717) is 6.54 Å². The Hall–Kier alpha value is -1.61. The zero-order valence-corrected chi connectivity index (χ0v) is 11.3. The van der Waals surface area contributed by atoms with Crippen molar-refractivity contribution in [1.82, 2.24) is 4.90 Å². The quantitative estimate of drug-likeness (QED) is 0.833. The normalized spacial score (nSPS) is 22.9. The van der Waals surface area contributed by atoms with E-state index in [4.69, 9.17) is 4.74 Å². The lowest BCUT2D eigenvalue weighted by Crippen LogP contribution is -2.36. The van der Waals surface area contributed by atoms with Crippen LogP contribution in [-0.2, 0) is 16.1 Å². The summed E-state index contributed by atoms with van der Waals surface area (Å²) in [6, 6.07) is 10.1. The first-order chi connectivity index (χ1) is 9.31. The summed E-state index contributed by atoms with van der Waals surface area (Å²) >= 11 is 0. The predicted molar refractivity (Wildman–Crippen MR) is 73.3 cm³/mol. The highest BCUT2D eigenvalue weighted by Crippen LogP contribution is 2.37. The molecule has 3 rings (SSSR count). The van der Waals surface area contributed by atoms with Gasteiger partial charge >= 0.3 is 0 Å². The van der Waals surface area contributed by atoms with E-state index in [2.05, 4.69) is 12.1 Å². The van der Waals surface area contributed by atoms with Gasteiger partial charge in [-0.1, -0.05) is 30.3 Å². The molecule has 0 saturated heterocycles. The first-order valence-corrected chi connectivity index (χ1v) is 6.91. The third-order valence-corrected chi connectivity index (χ3v) is 4.03. The number of ether oxygens (including phenoxy) is 1. The molecule has 1 heterocycles. The van der Waals surface area contributed by atoms with E-state index in [1.807, 2.05) is 23.1 Å². The van der Waals surface area contributed by atoms with E-state index in [1.165, 1.54) is 12.0 Å². The molecule has 1 unspecified atom stereocenters. The SMILES string of the molecule is COC1C2=C(CCCC2)C(=O)N1Cc1ccccc1. The number of rotatable bonds is 3. The van der Waals surface area contributed by atoms with Crippen molar-refractivity contribution < 1.29 is 9.53 Å². The van der Waals surface area contributed by atoms with Gasteiger partial charge in [0.15, 0.2) is 6.23 Å². The first kappa shape index (κ1) is 12.4. The maximum atomic E-state index is 12.5. The van der Waals surface area contributed by atoms with Crippen molar-refractivity contribution in [2.45, 2.75) is 38.5 Å². The molecule has 0 aromatic heterocycles. The van der Waals surface area contributed by atoms with E-state index >= 15 is 0 Å². The van der Waals surface area contributed by atoms with Crippen LogP contribution in [-0.4, -0.2) is 24.1 Å². The van der Waals surface area contributed by atoms with E-state index in [0.717, 1.165) is 30.4 Å². The minimum atomic E-state index is -0.150. The molecule has 0 fully saturated rings. The van der Waals surface area contributed by atoms with Crippen LogP contribution in [0.5, 0.6) is 0 Å². The van der Waals surface area contributed by atoms with Gasteiger partial charge in [-0.05, 0) is 36.8 Å². The predicted octanol–water partition coefficient (Wildman–Crippen LogP) is 2.87. The van der Waals surface area contributed by atoms with E-state index in [1.54, 1.807) is 7.11 Å². The second-order valence-corrected chi connectivity index (χ2v) is 5.22. The molecule has 0 saturated carbocycles. The molecular weight excluding hydrogens is 238 g/mol. The van der Waals surface area contributed by atoms with Crippen molar-refractivity contribution in [2.75, 3.05) is 7.11 Å². The van der Waals surface area contributed by atoms with Gasteiger partial charge in [-0.2, -0.15) is 0 Å². The highest BCUT2D eigenvalue weighted by Gasteiger charge is 2.39. The number of nitrogens with zero attached hydrogens (tertiary/aromatic N) is 1. The fourth-order valence-electron chi connectivity index (χ4n) is 3.12. The molecular formula is C16H19NO2. The van der Waals surface area contributed by atoms with Crippen LogP contribution in [0, 0.1) is 0 Å². The van der Waals surface area contributed by atoms with Gasteiger partial charge in [-0.25, -0.2) is 0 Å². The minimum absolute atomic E-state index is 0.150. The largest absolute Gasteiger partial charge is 0.357 e. The Labute approximate surface area is 113 Å². The Kier molecular flexibility index (Phi) is 3.38. The lowest BCUT2D eigenvalue weighted by atomic mass is 9.93. The lowest BCUT2D eigenvalue weighted by molar-refractivity contribution is -0.134. The fourth-order valence-corrected chi connectivity index (χ4v) is 3.12. The molecule has 1 aromatic rings.